The predicted molar refractivity (Wildman–Crippen MR) is 100 cm³/mol. The number of ether oxygens (including phenoxy) is 1. The zero-order valence-corrected chi connectivity index (χ0v) is 16.6. The number of carbonyl (C=O) groups is 2. The van der Waals surface area contributed by atoms with Crippen LogP contribution >= 0.6 is 15.9 Å². The number of rotatable bonds is 4. The van der Waals surface area contributed by atoms with E-state index in [9.17, 15) is 9.59 Å². The topological polar surface area (TPSA) is 80.3 Å². The molecule has 1 aliphatic rings. The zero-order valence-electron chi connectivity index (χ0n) is 15.0. The zero-order chi connectivity index (χ0) is 18.4. The van der Waals surface area contributed by atoms with Crippen LogP contribution in [0.25, 0.3) is 0 Å². The summed E-state index contributed by atoms with van der Waals surface area (Å²) in [5.41, 5.74) is -0.606. The van der Waals surface area contributed by atoms with Crippen molar-refractivity contribution in [2.75, 3.05) is 5.32 Å². The molecule has 138 valence electrons. The number of amides is 2. The molecule has 0 saturated heterocycles. The smallest absolute Gasteiger partial charge is 0.408 e. The predicted octanol–water partition coefficient (Wildman–Crippen LogP) is 4.26. The minimum absolute atomic E-state index is 0.108. The molecule has 1 fully saturated rings. The fourth-order valence-corrected chi connectivity index (χ4v) is 3.19. The van der Waals surface area contributed by atoms with Gasteiger partial charge in [-0.15, -0.1) is 0 Å². The van der Waals surface area contributed by atoms with Crippen LogP contribution in [-0.4, -0.2) is 28.6 Å². The minimum atomic E-state index is -0.624. The number of nitrogens with one attached hydrogen (secondary N) is 2. The number of carbonyl (C=O) groups excluding carboxylic acids is 2. The number of hydrogen-bond acceptors (Lipinski definition) is 4. The SMILES string of the molecule is CC(C)(C)OC(=O)N[C@H](C(=O)Nc1ccc(Br)cn1)C1CCCCC1. The van der Waals surface area contributed by atoms with Crippen LogP contribution in [0.4, 0.5) is 10.6 Å². The van der Waals surface area contributed by atoms with Crippen molar-refractivity contribution in [1.29, 1.82) is 0 Å². The van der Waals surface area contributed by atoms with Crippen LogP contribution < -0.4 is 10.6 Å². The van der Waals surface area contributed by atoms with Crippen LogP contribution in [0.3, 0.4) is 0 Å². The second-order valence-corrected chi connectivity index (χ2v) is 8.29. The van der Waals surface area contributed by atoms with Crippen LogP contribution in [0.5, 0.6) is 0 Å². The van der Waals surface area contributed by atoms with Gasteiger partial charge in [0.2, 0.25) is 5.91 Å². The number of nitrogens with zero attached hydrogens (tertiary/aromatic N) is 1. The Bertz CT molecular complexity index is 593. The molecule has 1 aliphatic carbocycles. The van der Waals surface area contributed by atoms with E-state index in [0.29, 0.717) is 5.82 Å². The van der Waals surface area contributed by atoms with E-state index in [1.165, 1.54) is 6.42 Å². The number of hydrogen-bond donors (Lipinski definition) is 2. The van der Waals surface area contributed by atoms with Gasteiger partial charge in [0.05, 0.1) is 0 Å². The Hall–Kier alpha value is -1.63. The van der Waals surface area contributed by atoms with Gasteiger partial charge in [0.15, 0.2) is 0 Å². The summed E-state index contributed by atoms with van der Waals surface area (Å²) in [6, 6.07) is 2.90. The molecule has 0 aromatic carbocycles. The van der Waals surface area contributed by atoms with Gasteiger partial charge in [-0.2, -0.15) is 0 Å². The summed E-state index contributed by atoms with van der Waals surface area (Å²) < 4.78 is 6.16. The number of anilines is 1. The Morgan fingerprint density at radius 3 is 2.48 bits per heavy atom. The highest BCUT2D eigenvalue weighted by molar-refractivity contribution is 9.10. The third kappa shape index (κ3) is 6.65. The van der Waals surface area contributed by atoms with Crippen LogP contribution in [0.2, 0.25) is 0 Å². The van der Waals surface area contributed by atoms with Crippen molar-refractivity contribution >= 4 is 33.7 Å². The van der Waals surface area contributed by atoms with Gasteiger partial charge in [-0.05, 0) is 67.6 Å². The maximum atomic E-state index is 12.8. The number of aromatic nitrogens is 1. The first kappa shape index (κ1) is 19.7. The molecular formula is C18H26BrN3O3. The average molecular weight is 412 g/mol. The number of halogens is 1. The van der Waals surface area contributed by atoms with Crippen molar-refractivity contribution < 1.29 is 14.3 Å². The first-order chi connectivity index (χ1) is 11.7. The highest BCUT2D eigenvalue weighted by Gasteiger charge is 2.32. The molecule has 0 bridgehead atoms. The summed E-state index contributed by atoms with van der Waals surface area (Å²) in [5.74, 6) is 0.310. The van der Waals surface area contributed by atoms with Crippen molar-refractivity contribution in [3.05, 3.63) is 22.8 Å². The lowest BCUT2D eigenvalue weighted by Crippen LogP contribution is -2.50. The molecule has 0 spiro atoms. The quantitative estimate of drug-likeness (QED) is 0.775. The molecule has 2 rings (SSSR count). The molecule has 0 radical (unpaired) electrons. The third-order valence-corrected chi connectivity index (χ3v) is 4.52. The van der Waals surface area contributed by atoms with Crippen molar-refractivity contribution in [2.45, 2.75) is 64.5 Å². The van der Waals surface area contributed by atoms with Gasteiger partial charge in [-0.3, -0.25) is 4.79 Å². The molecule has 0 aliphatic heterocycles. The van der Waals surface area contributed by atoms with Crippen molar-refractivity contribution in [2.24, 2.45) is 5.92 Å². The van der Waals surface area contributed by atoms with Crippen molar-refractivity contribution in [3.63, 3.8) is 0 Å². The molecule has 2 N–H and O–H groups in total. The van der Waals surface area contributed by atoms with Gasteiger partial charge in [-0.1, -0.05) is 19.3 Å². The number of alkyl carbamates (subject to hydrolysis) is 1. The Balaban J connectivity index is 2.08. The van der Waals surface area contributed by atoms with Gasteiger partial charge in [0.25, 0.3) is 0 Å². The normalized spacial score (nSPS) is 16.8. The summed E-state index contributed by atoms with van der Waals surface area (Å²) in [4.78, 5) is 29.1. The van der Waals surface area contributed by atoms with E-state index in [1.54, 1.807) is 39.1 Å². The molecule has 6 nitrogen and oxygen atoms in total. The summed E-state index contributed by atoms with van der Waals surface area (Å²) in [6.07, 6.45) is 6.20. The van der Waals surface area contributed by atoms with E-state index in [0.717, 1.165) is 30.2 Å². The van der Waals surface area contributed by atoms with E-state index in [4.69, 9.17) is 4.74 Å². The summed E-state index contributed by atoms with van der Waals surface area (Å²) in [5, 5.41) is 5.56. The monoisotopic (exact) mass is 411 g/mol. The van der Waals surface area contributed by atoms with Crippen molar-refractivity contribution in [1.82, 2.24) is 10.3 Å². The summed E-state index contributed by atoms with van der Waals surface area (Å²) >= 11 is 3.32. The molecule has 1 aromatic rings. The lowest BCUT2D eigenvalue weighted by atomic mass is 9.83. The highest BCUT2D eigenvalue weighted by Crippen LogP contribution is 2.27. The largest absolute Gasteiger partial charge is 0.444 e. The maximum absolute atomic E-state index is 12.8. The molecule has 1 atom stereocenters. The Labute approximate surface area is 157 Å². The van der Waals surface area contributed by atoms with Crippen LogP contribution in [-0.2, 0) is 9.53 Å². The first-order valence-corrected chi connectivity index (χ1v) is 9.46. The van der Waals surface area contributed by atoms with E-state index in [2.05, 4.69) is 31.5 Å². The Morgan fingerprint density at radius 1 is 1.24 bits per heavy atom. The van der Waals surface area contributed by atoms with Gasteiger partial charge < -0.3 is 15.4 Å². The van der Waals surface area contributed by atoms with Gasteiger partial charge in [-0.25, -0.2) is 9.78 Å². The second kappa shape index (κ2) is 8.65. The molecule has 1 saturated carbocycles. The molecule has 25 heavy (non-hydrogen) atoms. The highest BCUT2D eigenvalue weighted by atomic mass is 79.9. The Kier molecular flexibility index (Phi) is 6.81. The van der Waals surface area contributed by atoms with Crippen LogP contribution in [0.15, 0.2) is 22.8 Å². The minimum Gasteiger partial charge on any atom is -0.444 e. The van der Waals surface area contributed by atoms with Gasteiger partial charge >= 0.3 is 6.09 Å². The van der Waals surface area contributed by atoms with Crippen LogP contribution in [0.1, 0.15) is 52.9 Å². The lowest BCUT2D eigenvalue weighted by Gasteiger charge is -2.30. The summed E-state index contributed by atoms with van der Waals surface area (Å²) in [7, 11) is 0. The average Bonchev–Trinajstić information content (AvgIpc) is 2.54. The molecule has 7 heteroatoms. The fourth-order valence-electron chi connectivity index (χ4n) is 2.95. The van der Waals surface area contributed by atoms with Crippen molar-refractivity contribution in [3.8, 4) is 0 Å². The fraction of sp³-hybridized carbons (Fsp3) is 0.611. The Morgan fingerprint density at radius 2 is 1.92 bits per heavy atom. The maximum Gasteiger partial charge on any atom is 0.408 e. The summed E-state index contributed by atoms with van der Waals surface area (Å²) in [6.45, 7) is 5.40. The van der Waals surface area contributed by atoms with E-state index < -0.39 is 17.7 Å². The van der Waals surface area contributed by atoms with E-state index >= 15 is 0 Å². The lowest BCUT2D eigenvalue weighted by molar-refractivity contribution is -0.119. The molecule has 0 unspecified atom stereocenters. The number of pyridine rings is 1. The van der Waals surface area contributed by atoms with E-state index in [1.807, 2.05) is 0 Å². The third-order valence-electron chi connectivity index (χ3n) is 4.05. The molecule has 1 heterocycles. The van der Waals surface area contributed by atoms with Crippen LogP contribution in [0, 0.1) is 5.92 Å². The van der Waals surface area contributed by atoms with E-state index in [-0.39, 0.29) is 11.8 Å². The first-order valence-electron chi connectivity index (χ1n) is 8.66. The second-order valence-electron chi connectivity index (χ2n) is 7.37. The standard InChI is InChI=1S/C18H26BrN3O3/c1-18(2,3)25-17(24)22-15(12-7-5-4-6-8-12)16(23)21-14-10-9-13(19)11-20-14/h9-12,15H,4-8H2,1-3H3,(H,22,24)(H,20,21,23)/t15-/m0/s1. The van der Waals surface area contributed by atoms with Gasteiger partial charge in [0, 0.05) is 10.7 Å². The molecular weight excluding hydrogens is 386 g/mol. The van der Waals surface area contributed by atoms with Gasteiger partial charge in [0.1, 0.15) is 17.5 Å². The molecule has 2 amide bonds. The molecule has 1 aromatic heterocycles.